The standard InChI is InChI=1S/C101H181N9O22/c1-25-26-27-28-29-30-31-33-85-34-32-35-89(44-85)132-64-84(15)131-63-83(14)130-62-82(13)129-61-81(12)128-60-80(11)127-59-79(10)126-58-78(9)125-57-77(8)124-56-76(7)123-55-75(6)122-54-74(5)121-53-73(4)120-52-72(3)119-51-71(2)102-90(111)103-86-45-96(16,17)65-99(22,48-86)68-108-93(114)109(69-100(23)49-87(46-97(18,19)66-100)104-91(112)117-42-40-106-36-37-106)95(116)110(94(108)115)70-101(24)50-88(47-98(20,21)67-101)105-92(113)118-43-41-107-38-39-107/h32,34-35,44,71-84,86-88H,25-31,33,36-43,45-70H2,1-24H3,(H,104,112)(H,105,113)(H2,102,103,111). The highest BCUT2D eigenvalue weighted by Gasteiger charge is 2.48. The molecule has 2 aliphatic heterocycles. The van der Waals surface area contributed by atoms with Crippen LogP contribution in [0.25, 0.3) is 0 Å². The first-order chi connectivity index (χ1) is 62.2. The molecular formula is C101H181N9O22. The number of alkyl carbamates (subject to hydrolysis) is 2. The van der Waals surface area contributed by atoms with Gasteiger partial charge in [-0.05, 0) is 218 Å². The van der Waals surface area contributed by atoms with Crippen LogP contribution in [0, 0.1) is 32.5 Å². The number of urea groups is 1. The first-order valence-electron chi connectivity index (χ1n) is 50.3. The molecule has 1 aromatic carbocycles. The molecule has 4 amide bonds. The van der Waals surface area contributed by atoms with Crippen molar-refractivity contribution in [3.63, 3.8) is 0 Å². The summed E-state index contributed by atoms with van der Waals surface area (Å²) in [4.78, 5) is 90.9. The van der Waals surface area contributed by atoms with Crippen LogP contribution in [-0.2, 0) is 97.1 Å². The lowest BCUT2D eigenvalue weighted by Crippen LogP contribution is -2.60. The highest BCUT2D eigenvalue weighted by molar-refractivity contribution is 5.74. The molecule has 3 saturated carbocycles. The number of unbranched alkanes of at least 4 members (excludes halogenated alkanes) is 6. The summed E-state index contributed by atoms with van der Waals surface area (Å²) < 4.78 is 100. The summed E-state index contributed by atoms with van der Waals surface area (Å²) >= 11 is 0. The second-order valence-electron chi connectivity index (χ2n) is 43.8. The highest BCUT2D eigenvalue weighted by atomic mass is 16.6. The molecule has 5 aliphatic rings. The summed E-state index contributed by atoms with van der Waals surface area (Å²) in [5.41, 5.74) is -3.70. The third kappa shape index (κ3) is 45.5. The van der Waals surface area contributed by atoms with E-state index in [9.17, 15) is 14.4 Å². The normalized spacial score (nSPS) is 24.5. The molecule has 20 unspecified atom stereocenters. The fourth-order valence-electron chi connectivity index (χ4n) is 19.7. The zero-order valence-electron chi connectivity index (χ0n) is 86.0. The van der Waals surface area contributed by atoms with Crippen molar-refractivity contribution in [1.82, 2.24) is 44.8 Å². The molecule has 3 heterocycles. The third-order valence-corrected chi connectivity index (χ3v) is 25.5. The molecule has 762 valence electrons. The van der Waals surface area contributed by atoms with Crippen molar-refractivity contribution in [3.8, 4) is 5.75 Å². The Morgan fingerprint density at radius 3 is 0.947 bits per heavy atom. The molecule has 0 bridgehead atoms. The zero-order valence-corrected chi connectivity index (χ0v) is 86.0. The van der Waals surface area contributed by atoms with E-state index in [1.54, 1.807) is 0 Å². The molecule has 7 rings (SSSR count). The van der Waals surface area contributed by atoms with Gasteiger partial charge >= 0.3 is 35.3 Å². The van der Waals surface area contributed by atoms with Crippen LogP contribution in [0.1, 0.15) is 274 Å². The Kier molecular flexibility index (Phi) is 48.2. The topological polar surface area (TPSA) is 319 Å². The second-order valence-corrected chi connectivity index (χ2v) is 43.8. The van der Waals surface area contributed by atoms with Crippen LogP contribution in [0.5, 0.6) is 5.75 Å². The maximum atomic E-state index is 15.4. The SMILES string of the molecule is CCCCCCCCCc1cccc(OCC(C)OCC(C)OCC(C)OCC(C)OCC(C)OCC(C)OCC(C)OCC(C)OCC(C)OCC(C)OCC(C)OCC(C)OCC(C)OCC(C)NC(=O)NC2CC(C)(C)CC(C)(Cn3c(=O)n(CC4(C)CC(NC(=O)OCCN5CC5)CC(C)(C)C4)c(=O)n(CC4(C)CC(NC(=O)OCCN5CC5)CC(C)(C)C4)c3=O)C2)c1. The number of ether oxygens (including phenoxy) is 16. The minimum Gasteiger partial charge on any atom is -0.491 e. The van der Waals surface area contributed by atoms with E-state index in [0.29, 0.717) is 157 Å². The van der Waals surface area contributed by atoms with Crippen LogP contribution >= 0.6 is 0 Å². The fourth-order valence-corrected chi connectivity index (χ4v) is 19.7. The molecule has 2 saturated heterocycles. The fraction of sp³-hybridized carbons (Fsp3) is 0.881. The Hall–Kier alpha value is -5.36. The first-order valence-corrected chi connectivity index (χ1v) is 50.3. The van der Waals surface area contributed by atoms with Crippen LogP contribution in [0.2, 0.25) is 0 Å². The summed E-state index contributed by atoms with van der Waals surface area (Å²) in [6, 6.07) is 6.79. The number of nitrogens with zero attached hydrogens (tertiary/aromatic N) is 5. The van der Waals surface area contributed by atoms with Crippen molar-refractivity contribution < 1.29 is 90.2 Å². The van der Waals surface area contributed by atoms with E-state index in [1.165, 1.54) is 64.2 Å². The van der Waals surface area contributed by atoms with Gasteiger partial charge in [-0.25, -0.2) is 42.5 Å². The van der Waals surface area contributed by atoms with Gasteiger partial charge in [0, 0.05) is 77.0 Å². The van der Waals surface area contributed by atoms with Gasteiger partial charge in [0.2, 0.25) is 0 Å². The minimum absolute atomic E-state index is 0.00552. The summed E-state index contributed by atoms with van der Waals surface area (Å²) in [5.74, 6) is 0.890. The molecule has 5 fully saturated rings. The molecule has 132 heavy (non-hydrogen) atoms. The van der Waals surface area contributed by atoms with Crippen LogP contribution < -0.4 is 43.1 Å². The van der Waals surface area contributed by atoms with E-state index < -0.39 is 45.5 Å². The predicted octanol–water partition coefficient (Wildman–Crippen LogP) is 14.3. The van der Waals surface area contributed by atoms with Gasteiger partial charge < -0.3 is 97.1 Å². The van der Waals surface area contributed by atoms with E-state index in [-0.39, 0.29) is 165 Å². The first kappa shape index (κ1) is 114. The van der Waals surface area contributed by atoms with Gasteiger partial charge in [-0.15, -0.1) is 0 Å². The van der Waals surface area contributed by atoms with Gasteiger partial charge in [-0.3, -0.25) is 9.80 Å². The van der Waals surface area contributed by atoms with Gasteiger partial charge in [0.25, 0.3) is 0 Å². The van der Waals surface area contributed by atoms with Crippen LogP contribution in [0.15, 0.2) is 38.6 Å². The highest BCUT2D eigenvalue weighted by Crippen LogP contribution is 2.50. The van der Waals surface area contributed by atoms with Crippen LogP contribution in [-0.4, -0.2) is 290 Å². The van der Waals surface area contributed by atoms with Gasteiger partial charge in [0.1, 0.15) is 25.6 Å². The predicted molar refractivity (Wildman–Crippen MR) is 515 cm³/mol. The number of benzene rings is 1. The van der Waals surface area contributed by atoms with Crippen molar-refractivity contribution in [3.05, 3.63) is 61.3 Å². The number of nitrogens with one attached hydrogen (secondary N) is 4. The summed E-state index contributed by atoms with van der Waals surface area (Å²) in [5, 5.41) is 12.5. The van der Waals surface area contributed by atoms with Crippen molar-refractivity contribution in [1.29, 1.82) is 0 Å². The van der Waals surface area contributed by atoms with Crippen molar-refractivity contribution in [2.45, 2.75) is 398 Å². The number of hydrogen-bond donors (Lipinski definition) is 4. The number of rotatable bonds is 66. The summed E-state index contributed by atoms with van der Waals surface area (Å²) in [6.07, 6.45) is 12.5. The number of carbonyl (C=O) groups is 3. The third-order valence-electron chi connectivity index (χ3n) is 25.5. The largest absolute Gasteiger partial charge is 0.491 e. The smallest absolute Gasteiger partial charge is 0.407 e. The Morgan fingerprint density at radius 1 is 0.364 bits per heavy atom. The molecular weight excluding hydrogens is 1690 g/mol. The van der Waals surface area contributed by atoms with Gasteiger partial charge in [-0.1, -0.05) is 120 Å². The number of aromatic nitrogens is 3. The number of aryl methyl sites for hydroxylation is 1. The number of carbonyl (C=O) groups excluding carboxylic acids is 3. The molecule has 3 aliphatic carbocycles. The Morgan fingerprint density at radius 2 is 0.644 bits per heavy atom. The van der Waals surface area contributed by atoms with Crippen LogP contribution in [0.3, 0.4) is 0 Å². The van der Waals surface area contributed by atoms with E-state index in [1.807, 2.05) is 103 Å². The minimum atomic E-state index is -0.700. The molecule has 31 heteroatoms. The van der Waals surface area contributed by atoms with Gasteiger partial charge in [0.05, 0.1) is 171 Å². The maximum absolute atomic E-state index is 15.4. The molecule has 20 atom stereocenters. The molecule has 4 N–H and O–H groups in total. The van der Waals surface area contributed by atoms with E-state index in [4.69, 9.17) is 75.8 Å². The van der Waals surface area contributed by atoms with E-state index in [0.717, 1.165) is 38.3 Å². The average Bonchev–Trinajstić information content (AvgIpc) is 0.788. The van der Waals surface area contributed by atoms with Crippen molar-refractivity contribution in [2.75, 3.05) is 145 Å². The molecule has 0 spiro atoms. The Balaban J connectivity index is 0.737. The average molecular weight is 1870 g/mol. The van der Waals surface area contributed by atoms with E-state index >= 15 is 14.4 Å². The lowest BCUT2D eigenvalue weighted by molar-refractivity contribution is -0.115. The summed E-state index contributed by atoms with van der Waals surface area (Å²) in [6.45, 7) is 60.3. The lowest BCUT2D eigenvalue weighted by Gasteiger charge is -2.48. The Bertz CT molecular complexity index is 3730. The van der Waals surface area contributed by atoms with Gasteiger partial charge in [0.15, 0.2) is 0 Å². The van der Waals surface area contributed by atoms with Crippen LogP contribution in [0.4, 0.5) is 14.4 Å². The Labute approximate surface area is 792 Å². The zero-order chi connectivity index (χ0) is 97.0. The monoisotopic (exact) mass is 1870 g/mol. The molecule has 0 radical (unpaired) electrons. The van der Waals surface area contributed by atoms with Gasteiger partial charge in [-0.2, -0.15) is 0 Å². The lowest BCUT2D eigenvalue weighted by atomic mass is 9.62. The maximum Gasteiger partial charge on any atom is 0.407 e. The summed E-state index contributed by atoms with van der Waals surface area (Å²) in [7, 11) is 0. The number of amides is 4. The van der Waals surface area contributed by atoms with Crippen molar-refractivity contribution in [2.24, 2.45) is 32.5 Å². The molecule has 31 nitrogen and oxygen atoms in total. The molecule has 1 aromatic heterocycles. The molecule has 2 aromatic rings. The van der Waals surface area contributed by atoms with Crippen molar-refractivity contribution >= 4 is 18.2 Å². The second kappa shape index (κ2) is 56.0. The quantitative estimate of drug-likeness (QED) is 0.0353. The van der Waals surface area contributed by atoms with E-state index in [2.05, 4.69) is 119 Å². The number of hydrogen-bond acceptors (Lipinski definition) is 24.